The summed E-state index contributed by atoms with van der Waals surface area (Å²) in [5.74, 6) is 0. The minimum atomic E-state index is -4.29. The van der Waals surface area contributed by atoms with E-state index < -0.39 is 11.7 Å². The zero-order valence-electron chi connectivity index (χ0n) is 4.87. The molecule has 10 heavy (non-hydrogen) atoms. The highest BCUT2D eigenvalue weighted by Gasteiger charge is 2.31. The topological polar surface area (TPSA) is 0 Å². The Kier molecular flexibility index (Phi) is 1.54. The van der Waals surface area contributed by atoms with Gasteiger partial charge in [0.25, 0.3) is 0 Å². The molecule has 0 unspecified atom stereocenters. The maximum atomic E-state index is 11.7. The van der Waals surface area contributed by atoms with Gasteiger partial charge in [0.15, 0.2) is 0 Å². The fourth-order valence-corrected chi connectivity index (χ4v) is 0.516. The predicted molar refractivity (Wildman–Crippen MR) is 30.3 cm³/mol. The lowest BCUT2D eigenvalue weighted by Crippen LogP contribution is -2.08. The van der Waals surface area contributed by atoms with Gasteiger partial charge in [-0.2, -0.15) is 13.2 Å². The Bertz CT molecular complexity index is 255. The van der Waals surface area contributed by atoms with Crippen molar-refractivity contribution in [3.8, 4) is 0 Å². The van der Waals surface area contributed by atoms with Crippen molar-refractivity contribution < 1.29 is 13.2 Å². The predicted octanol–water partition coefficient (Wildman–Crippen LogP) is 2.36. The van der Waals surface area contributed by atoms with Gasteiger partial charge in [-0.05, 0) is 12.2 Å². The number of halogens is 3. The second-order valence-corrected chi connectivity index (χ2v) is 1.70. The SMILES string of the molecule is FC(F)(F)C1=C=CC=C=C1. The molecule has 0 N–H and O–H groups in total. The van der Waals surface area contributed by atoms with E-state index >= 15 is 0 Å². The van der Waals surface area contributed by atoms with Crippen LogP contribution in [-0.2, 0) is 0 Å². The number of allylic oxidation sites excluding steroid dienone is 2. The highest BCUT2D eigenvalue weighted by molar-refractivity contribution is 5.28. The molecule has 1 rings (SSSR count). The van der Waals surface area contributed by atoms with Gasteiger partial charge in [-0.25, -0.2) is 0 Å². The quantitative estimate of drug-likeness (QED) is 0.458. The van der Waals surface area contributed by atoms with Crippen molar-refractivity contribution in [3.05, 3.63) is 35.3 Å². The number of hydrogen-bond acceptors (Lipinski definition) is 0. The summed E-state index contributed by atoms with van der Waals surface area (Å²) < 4.78 is 35.2. The molecule has 52 valence electrons. The molecule has 0 aromatic heterocycles. The molecule has 1 aliphatic rings. The monoisotopic (exact) mass is 144 g/mol. The van der Waals surface area contributed by atoms with E-state index in [2.05, 4.69) is 11.5 Å². The average molecular weight is 144 g/mol. The molecule has 0 saturated carbocycles. The van der Waals surface area contributed by atoms with Crippen LogP contribution in [0.5, 0.6) is 0 Å². The second-order valence-electron chi connectivity index (χ2n) is 1.70. The van der Waals surface area contributed by atoms with Crippen LogP contribution < -0.4 is 0 Å². The maximum Gasteiger partial charge on any atom is 0.424 e. The van der Waals surface area contributed by atoms with E-state index in [4.69, 9.17) is 0 Å². The molecular formula is C7H3F3. The molecule has 0 nitrogen and oxygen atoms in total. The van der Waals surface area contributed by atoms with Gasteiger partial charge >= 0.3 is 6.18 Å². The lowest BCUT2D eigenvalue weighted by molar-refractivity contribution is -0.0880. The van der Waals surface area contributed by atoms with Crippen LogP contribution in [0.3, 0.4) is 0 Å². The molecule has 0 aromatic carbocycles. The first-order chi connectivity index (χ1) is 4.61. The van der Waals surface area contributed by atoms with Gasteiger partial charge in [-0.15, -0.1) is 11.5 Å². The van der Waals surface area contributed by atoms with Crippen LogP contribution in [0.4, 0.5) is 13.2 Å². The average Bonchev–Trinajstić information content (AvgIpc) is 1.88. The van der Waals surface area contributed by atoms with Crippen molar-refractivity contribution in [1.82, 2.24) is 0 Å². The zero-order chi connectivity index (χ0) is 7.61. The van der Waals surface area contributed by atoms with Gasteiger partial charge in [-0.3, -0.25) is 0 Å². The van der Waals surface area contributed by atoms with Crippen LogP contribution in [0.25, 0.3) is 0 Å². The first-order valence-electron chi connectivity index (χ1n) is 2.55. The third-order valence-electron chi connectivity index (χ3n) is 0.951. The van der Waals surface area contributed by atoms with Crippen LogP contribution in [-0.4, -0.2) is 6.18 Å². The van der Waals surface area contributed by atoms with E-state index in [1.807, 2.05) is 0 Å². The van der Waals surface area contributed by atoms with Gasteiger partial charge in [0.2, 0.25) is 0 Å². The Labute approximate surface area is 55.7 Å². The standard InChI is InChI=1S/C7H3F3/c8-7(9,10)6-4-2-1-3-5-6/h1-2,5H. The van der Waals surface area contributed by atoms with Gasteiger partial charge in [0, 0.05) is 6.08 Å². The van der Waals surface area contributed by atoms with Crippen molar-refractivity contribution in [3.63, 3.8) is 0 Å². The zero-order valence-corrected chi connectivity index (χ0v) is 4.87. The Hall–Kier alpha value is -1.17. The van der Waals surface area contributed by atoms with Crippen LogP contribution in [0.2, 0.25) is 0 Å². The summed E-state index contributed by atoms with van der Waals surface area (Å²) in [6, 6.07) is 0. The van der Waals surface area contributed by atoms with E-state index in [0.717, 1.165) is 6.08 Å². The summed E-state index contributed by atoms with van der Waals surface area (Å²) in [6.45, 7) is 0. The Morgan fingerprint density at radius 1 is 1.20 bits per heavy atom. The molecule has 0 amide bonds. The lowest BCUT2D eigenvalue weighted by atomic mass is 10.2. The molecule has 0 aromatic rings. The summed E-state index contributed by atoms with van der Waals surface area (Å²) in [5, 5.41) is 0. The third kappa shape index (κ3) is 1.41. The van der Waals surface area contributed by atoms with Gasteiger partial charge < -0.3 is 0 Å². The molecule has 0 spiro atoms. The summed E-state index contributed by atoms with van der Waals surface area (Å²) in [7, 11) is 0. The van der Waals surface area contributed by atoms with Crippen molar-refractivity contribution in [2.75, 3.05) is 0 Å². The van der Waals surface area contributed by atoms with E-state index in [9.17, 15) is 13.2 Å². The first kappa shape index (κ1) is 6.94. The van der Waals surface area contributed by atoms with E-state index in [0.29, 0.717) is 0 Å². The van der Waals surface area contributed by atoms with Crippen molar-refractivity contribution >= 4 is 0 Å². The molecule has 1 aliphatic carbocycles. The Morgan fingerprint density at radius 3 is 2.20 bits per heavy atom. The van der Waals surface area contributed by atoms with Gasteiger partial charge in [0.1, 0.15) is 5.57 Å². The molecule has 0 aliphatic heterocycles. The molecule has 0 saturated heterocycles. The smallest absolute Gasteiger partial charge is 0.165 e. The summed E-state index contributed by atoms with van der Waals surface area (Å²) >= 11 is 0. The highest BCUT2D eigenvalue weighted by atomic mass is 19.4. The van der Waals surface area contributed by atoms with Crippen molar-refractivity contribution in [2.24, 2.45) is 0 Å². The molecule has 3 heteroatoms. The third-order valence-corrected chi connectivity index (χ3v) is 0.951. The minimum absolute atomic E-state index is 0.782. The first-order valence-corrected chi connectivity index (χ1v) is 2.55. The molecular weight excluding hydrogens is 141 g/mol. The lowest BCUT2D eigenvalue weighted by Gasteiger charge is -2.03. The summed E-state index contributed by atoms with van der Waals surface area (Å²) in [5.41, 5.74) is 3.59. The largest absolute Gasteiger partial charge is 0.424 e. The molecule has 0 heterocycles. The fourth-order valence-electron chi connectivity index (χ4n) is 0.516. The molecule has 0 fully saturated rings. The van der Waals surface area contributed by atoms with E-state index in [-0.39, 0.29) is 0 Å². The van der Waals surface area contributed by atoms with Crippen LogP contribution in [0.15, 0.2) is 35.3 Å². The summed E-state index contributed by atoms with van der Waals surface area (Å²) in [6.07, 6.45) is -0.879. The number of alkyl halides is 3. The number of hydrogen-bond donors (Lipinski definition) is 0. The van der Waals surface area contributed by atoms with E-state index in [1.165, 1.54) is 12.2 Å². The van der Waals surface area contributed by atoms with E-state index in [1.54, 1.807) is 0 Å². The van der Waals surface area contributed by atoms with Crippen LogP contribution in [0, 0.1) is 0 Å². The number of rotatable bonds is 0. The fraction of sp³-hybridized carbons (Fsp3) is 0.143. The normalized spacial score (nSPS) is 15.7. The van der Waals surface area contributed by atoms with Gasteiger partial charge in [-0.1, -0.05) is 0 Å². The van der Waals surface area contributed by atoms with Crippen molar-refractivity contribution in [1.29, 1.82) is 0 Å². The summed E-state index contributed by atoms with van der Waals surface area (Å²) in [4.78, 5) is 0. The highest BCUT2D eigenvalue weighted by Crippen LogP contribution is 2.25. The molecule has 0 bridgehead atoms. The van der Waals surface area contributed by atoms with Gasteiger partial charge in [0.05, 0.1) is 0 Å². The van der Waals surface area contributed by atoms with Crippen LogP contribution in [0.1, 0.15) is 0 Å². The maximum absolute atomic E-state index is 11.7. The van der Waals surface area contributed by atoms with Crippen LogP contribution >= 0.6 is 0 Å². The molecule has 0 radical (unpaired) electrons. The Morgan fingerprint density at radius 2 is 1.90 bits per heavy atom. The Balaban J connectivity index is 2.97. The molecule has 0 atom stereocenters. The minimum Gasteiger partial charge on any atom is -0.165 e. The second kappa shape index (κ2) is 2.22. The van der Waals surface area contributed by atoms with Crippen molar-refractivity contribution in [2.45, 2.75) is 6.18 Å².